The van der Waals surface area contributed by atoms with Crippen molar-refractivity contribution >= 4 is 56.6 Å². The van der Waals surface area contributed by atoms with Crippen molar-refractivity contribution in [1.82, 2.24) is 9.80 Å². The van der Waals surface area contributed by atoms with Gasteiger partial charge < -0.3 is 19.6 Å². The minimum atomic E-state index is -0.978. The van der Waals surface area contributed by atoms with Crippen LogP contribution in [0.2, 0.25) is 10.0 Å². The molecule has 3 heterocycles. The van der Waals surface area contributed by atoms with Crippen molar-refractivity contribution in [3.05, 3.63) is 51.3 Å². The average molecular weight is 477 g/mol. The van der Waals surface area contributed by atoms with Gasteiger partial charge in [0.15, 0.2) is 5.75 Å². The summed E-state index contributed by atoms with van der Waals surface area (Å²) in [7, 11) is 0. The van der Waals surface area contributed by atoms with Crippen LogP contribution in [0.3, 0.4) is 0 Å². The van der Waals surface area contributed by atoms with Crippen molar-refractivity contribution in [2.24, 2.45) is 0 Å². The number of hydrogen-bond donors (Lipinski definition) is 1. The Labute approximate surface area is 192 Å². The van der Waals surface area contributed by atoms with Crippen LogP contribution in [0.15, 0.2) is 35.7 Å². The third-order valence-corrected chi connectivity index (χ3v) is 7.42. The van der Waals surface area contributed by atoms with E-state index in [1.165, 1.54) is 4.90 Å². The van der Waals surface area contributed by atoms with Gasteiger partial charge in [-0.15, -0.1) is 11.3 Å². The number of carboxylic acid groups (broad SMARTS) is 1. The Balaban J connectivity index is 1.59. The van der Waals surface area contributed by atoms with Gasteiger partial charge in [0.1, 0.15) is 0 Å². The Bertz CT molecular complexity index is 1210. The van der Waals surface area contributed by atoms with Crippen LogP contribution < -0.4 is 4.74 Å². The molecule has 1 fully saturated rings. The molecule has 160 valence electrons. The summed E-state index contributed by atoms with van der Waals surface area (Å²) in [6, 6.07) is 9.35. The Hall–Kier alpha value is -2.48. The highest BCUT2D eigenvalue weighted by molar-refractivity contribution is 7.17. The van der Waals surface area contributed by atoms with E-state index >= 15 is 0 Å². The summed E-state index contributed by atoms with van der Waals surface area (Å²) in [6.07, 6.45) is -0.461. The maximum atomic E-state index is 13.4. The highest BCUT2D eigenvalue weighted by Crippen LogP contribution is 2.46. The van der Waals surface area contributed by atoms with Crippen molar-refractivity contribution in [2.75, 3.05) is 26.2 Å². The minimum Gasteiger partial charge on any atom is -0.491 e. The van der Waals surface area contributed by atoms with E-state index in [0.29, 0.717) is 46.5 Å². The number of thiophene rings is 1. The fourth-order valence-corrected chi connectivity index (χ4v) is 5.88. The number of fused-ring (bicyclic) bond motifs is 3. The van der Waals surface area contributed by atoms with E-state index in [1.807, 2.05) is 29.6 Å². The van der Waals surface area contributed by atoms with Gasteiger partial charge in [-0.1, -0.05) is 35.3 Å². The molecule has 1 atom stereocenters. The highest BCUT2D eigenvalue weighted by atomic mass is 35.5. The molecule has 0 unspecified atom stereocenters. The predicted octanol–water partition coefficient (Wildman–Crippen LogP) is 5.46. The lowest BCUT2D eigenvalue weighted by Crippen LogP contribution is -2.57. The van der Waals surface area contributed by atoms with Crippen LogP contribution >= 0.6 is 34.5 Å². The Morgan fingerprint density at radius 1 is 1.19 bits per heavy atom. The first-order valence-electron chi connectivity index (χ1n) is 9.86. The number of piperazine rings is 1. The molecule has 2 aromatic carbocycles. The molecule has 5 rings (SSSR count). The Morgan fingerprint density at radius 2 is 2.03 bits per heavy atom. The second kappa shape index (κ2) is 7.89. The lowest BCUT2D eigenvalue weighted by Gasteiger charge is -2.41. The topological polar surface area (TPSA) is 70.1 Å². The molecule has 9 heteroatoms. The van der Waals surface area contributed by atoms with Gasteiger partial charge in [-0.3, -0.25) is 4.79 Å². The first kappa shape index (κ1) is 20.4. The van der Waals surface area contributed by atoms with Crippen LogP contribution in [-0.2, 0) is 0 Å². The summed E-state index contributed by atoms with van der Waals surface area (Å²) in [5, 5.41) is 13.1. The zero-order chi connectivity index (χ0) is 21.7. The smallest absolute Gasteiger partial charge is 0.407 e. The second-order valence-electron chi connectivity index (χ2n) is 7.58. The quantitative estimate of drug-likeness (QED) is 0.505. The maximum absolute atomic E-state index is 13.4. The number of amides is 2. The van der Waals surface area contributed by atoms with Gasteiger partial charge in [0, 0.05) is 41.7 Å². The molecule has 0 saturated carbocycles. The monoisotopic (exact) mass is 476 g/mol. The zero-order valence-corrected chi connectivity index (χ0v) is 18.6. The SMILES string of the molecule is O=C(O)N1CCN2C(=O)c3cc(Cl)c(-c4cccc5sccc45)c(Cl)c3OCC[C@H]2C1. The molecule has 0 aliphatic carbocycles. The number of carbonyl (C=O) groups is 2. The highest BCUT2D eigenvalue weighted by Gasteiger charge is 2.36. The normalized spacial score (nSPS) is 18.8. The van der Waals surface area contributed by atoms with Crippen LogP contribution in [0.5, 0.6) is 5.75 Å². The number of nitrogens with zero attached hydrogens (tertiary/aromatic N) is 2. The average Bonchev–Trinajstić information content (AvgIpc) is 3.23. The zero-order valence-electron chi connectivity index (χ0n) is 16.3. The van der Waals surface area contributed by atoms with Crippen LogP contribution in [0.25, 0.3) is 21.2 Å². The molecule has 1 N–H and O–H groups in total. The van der Waals surface area contributed by atoms with Crippen LogP contribution in [0.4, 0.5) is 4.79 Å². The first-order valence-corrected chi connectivity index (χ1v) is 11.5. The second-order valence-corrected chi connectivity index (χ2v) is 9.31. The molecule has 1 saturated heterocycles. The van der Waals surface area contributed by atoms with E-state index in [9.17, 15) is 14.7 Å². The molecule has 2 amide bonds. The van der Waals surface area contributed by atoms with E-state index in [2.05, 4.69) is 0 Å². The van der Waals surface area contributed by atoms with E-state index in [4.69, 9.17) is 27.9 Å². The Kier molecular flexibility index (Phi) is 5.20. The first-order chi connectivity index (χ1) is 15.0. The molecule has 3 aromatic rings. The van der Waals surface area contributed by atoms with Crippen molar-refractivity contribution in [3.63, 3.8) is 0 Å². The summed E-state index contributed by atoms with van der Waals surface area (Å²) in [5.74, 6) is 0.0891. The van der Waals surface area contributed by atoms with Crippen molar-refractivity contribution in [3.8, 4) is 16.9 Å². The van der Waals surface area contributed by atoms with Gasteiger partial charge >= 0.3 is 6.09 Å². The molecule has 0 spiro atoms. The molecule has 6 nitrogen and oxygen atoms in total. The van der Waals surface area contributed by atoms with Gasteiger partial charge in [0.25, 0.3) is 5.91 Å². The summed E-state index contributed by atoms with van der Waals surface area (Å²) in [4.78, 5) is 27.8. The summed E-state index contributed by atoms with van der Waals surface area (Å²) in [5.41, 5.74) is 1.85. The van der Waals surface area contributed by atoms with Crippen LogP contribution in [-0.4, -0.2) is 59.2 Å². The minimum absolute atomic E-state index is 0.242. The Morgan fingerprint density at radius 3 is 2.84 bits per heavy atom. The predicted molar refractivity (Wildman–Crippen MR) is 122 cm³/mol. The largest absolute Gasteiger partial charge is 0.491 e. The molecule has 2 aliphatic rings. The lowest BCUT2D eigenvalue weighted by atomic mass is 9.98. The number of halogens is 2. The van der Waals surface area contributed by atoms with Crippen molar-refractivity contribution in [1.29, 1.82) is 0 Å². The van der Waals surface area contributed by atoms with Crippen LogP contribution in [0, 0.1) is 0 Å². The fourth-order valence-electron chi connectivity index (χ4n) is 4.36. The van der Waals surface area contributed by atoms with Gasteiger partial charge in [-0.05, 0) is 29.1 Å². The number of rotatable bonds is 1. The van der Waals surface area contributed by atoms with Gasteiger partial charge in [-0.25, -0.2) is 4.79 Å². The third-order valence-electron chi connectivity index (χ3n) is 5.88. The summed E-state index contributed by atoms with van der Waals surface area (Å²) < 4.78 is 7.10. The van der Waals surface area contributed by atoms with Gasteiger partial charge in [-0.2, -0.15) is 0 Å². The molecular formula is C22H18Cl2N2O4S. The summed E-state index contributed by atoms with van der Waals surface area (Å²) >= 11 is 15.1. The number of benzene rings is 2. The summed E-state index contributed by atoms with van der Waals surface area (Å²) in [6.45, 7) is 1.17. The molecule has 0 radical (unpaired) electrons. The van der Waals surface area contributed by atoms with E-state index < -0.39 is 6.09 Å². The number of carbonyl (C=O) groups excluding carboxylic acids is 1. The fraction of sp³-hybridized carbons (Fsp3) is 0.273. The van der Waals surface area contributed by atoms with E-state index in [1.54, 1.807) is 22.3 Å². The van der Waals surface area contributed by atoms with Crippen molar-refractivity contribution < 1.29 is 19.4 Å². The van der Waals surface area contributed by atoms with Crippen LogP contribution in [0.1, 0.15) is 16.8 Å². The molecule has 0 bridgehead atoms. The lowest BCUT2D eigenvalue weighted by molar-refractivity contribution is 0.0375. The standard InChI is InChI=1S/C22H18Cl2N2O4S/c23-16-10-15-20(19(24)18(16)14-2-1-3-17-13(14)5-9-31-17)30-8-4-12-11-25(22(28)29)6-7-26(12)21(15)27/h1-3,5,9-10,12H,4,6-8,11H2,(H,28,29)/t12-/m0/s1. The van der Waals surface area contributed by atoms with Gasteiger partial charge in [0.05, 0.1) is 28.3 Å². The van der Waals surface area contributed by atoms with E-state index in [0.717, 1.165) is 15.6 Å². The number of hydrogen-bond acceptors (Lipinski definition) is 4. The molecular weight excluding hydrogens is 459 g/mol. The van der Waals surface area contributed by atoms with Crippen molar-refractivity contribution in [2.45, 2.75) is 12.5 Å². The molecule has 1 aromatic heterocycles. The third kappa shape index (κ3) is 3.41. The molecule has 31 heavy (non-hydrogen) atoms. The maximum Gasteiger partial charge on any atom is 0.407 e. The van der Waals surface area contributed by atoms with E-state index in [-0.39, 0.29) is 25.0 Å². The van der Waals surface area contributed by atoms with Gasteiger partial charge in [0.2, 0.25) is 0 Å². The molecule has 2 aliphatic heterocycles. The number of ether oxygens (including phenoxy) is 1.